The van der Waals surface area contributed by atoms with Crippen LogP contribution in [0.3, 0.4) is 0 Å². The molecule has 1 atom stereocenters. The molecule has 0 saturated heterocycles. The first-order valence-corrected chi connectivity index (χ1v) is 4.86. The first-order chi connectivity index (χ1) is 6.66. The van der Waals surface area contributed by atoms with E-state index in [1.807, 2.05) is 12.1 Å². The van der Waals surface area contributed by atoms with Crippen molar-refractivity contribution in [2.24, 2.45) is 0 Å². The van der Waals surface area contributed by atoms with Crippen molar-refractivity contribution in [3.8, 4) is 12.3 Å². The molecule has 0 radical (unpaired) electrons. The quantitative estimate of drug-likeness (QED) is 0.841. The van der Waals surface area contributed by atoms with E-state index in [1.54, 1.807) is 12.1 Å². The van der Waals surface area contributed by atoms with Crippen molar-refractivity contribution in [2.75, 3.05) is 0 Å². The summed E-state index contributed by atoms with van der Waals surface area (Å²) in [6.45, 7) is 0. The highest BCUT2D eigenvalue weighted by molar-refractivity contribution is 9.10. The lowest BCUT2D eigenvalue weighted by molar-refractivity contribution is -0.138. The van der Waals surface area contributed by atoms with Crippen molar-refractivity contribution in [1.29, 1.82) is 0 Å². The van der Waals surface area contributed by atoms with E-state index in [0.29, 0.717) is 0 Å². The molecule has 0 saturated carbocycles. The Labute approximate surface area is 91.1 Å². The Balaban J connectivity index is 3.06. The van der Waals surface area contributed by atoms with Gasteiger partial charge in [0.2, 0.25) is 0 Å². The number of carbonyl (C=O) groups is 1. The van der Waals surface area contributed by atoms with E-state index >= 15 is 0 Å². The SMILES string of the molecule is C#CCC(C(=O)O)c1ccccc1Br. The predicted molar refractivity (Wildman–Crippen MR) is 58.0 cm³/mol. The molecule has 0 spiro atoms. The number of aliphatic carboxylic acids is 1. The molecular formula is C11H9BrO2. The van der Waals surface area contributed by atoms with E-state index in [9.17, 15) is 4.79 Å². The fourth-order valence-corrected chi connectivity index (χ4v) is 1.77. The van der Waals surface area contributed by atoms with Gasteiger partial charge in [0.05, 0.1) is 5.92 Å². The van der Waals surface area contributed by atoms with Gasteiger partial charge in [-0.1, -0.05) is 34.1 Å². The number of rotatable bonds is 3. The molecule has 0 heterocycles. The van der Waals surface area contributed by atoms with Crippen molar-refractivity contribution in [3.63, 3.8) is 0 Å². The molecule has 3 heteroatoms. The Morgan fingerprint density at radius 3 is 2.71 bits per heavy atom. The standard InChI is InChI=1S/C11H9BrO2/c1-2-5-9(11(13)14)8-6-3-4-7-10(8)12/h1,3-4,6-7,9H,5H2,(H,13,14). The van der Waals surface area contributed by atoms with Gasteiger partial charge >= 0.3 is 5.97 Å². The lowest BCUT2D eigenvalue weighted by Gasteiger charge is -2.10. The molecular weight excluding hydrogens is 244 g/mol. The summed E-state index contributed by atoms with van der Waals surface area (Å²) in [5.41, 5.74) is 0.720. The normalized spacial score (nSPS) is 11.7. The van der Waals surface area contributed by atoms with Crippen molar-refractivity contribution < 1.29 is 9.90 Å². The fraction of sp³-hybridized carbons (Fsp3) is 0.182. The second kappa shape index (κ2) is 4.83. The van der Waals surface area contributed by atoms with Crippen molar-refractivity contribution in [1.82, 2.24) is 0 Å². The Hall–Kier alpha value is -1.27. The number of benzene rings is 1. The molecule has 1 aromatic rings. The van der Waals surface area contributed by atoms with Gasteiger partial charge in [-0.05, 0) is 11.6 Å². The molecule has 0 aliphatic rings. The minimum atomic E-state index is -0.894. The lowest BCUT2D eigenvalue weighted by atomic mass is 9.96. The van der Waals surface area contributed by atoms with Crippen LogP contribution in [-0.2, 0) is 4.79 Å². The average molecular weight is 253 g/mol. The summed E-state index contributed by atoms with van der Waals surface area (Å²) in [7, 11) is 0. The molecule has 0 aliphatic carbocycles. The molecule has 14 heavy (non-hydrogen) atoms. The molecule has 0 amide bonds. The summed E-state index contributed by atoms with van der Waals surface area (Å²) in [5, 5.41) is 8.97. The summed E-state index contributed by atoms with van der Waals surface area (Å²) in [4.78, 5) is 10.9. The Morgan fingerprint density at radius 1 is 1.57 bits per heavy atom. The summed E-state index contributed by atoms with van der Waals surface area (Å²) >= 11 is 3.30. The molecule has 0 bridgehead atoms. The van der Waals surface area contributed by atoms with Crippen LogP contribution in [-0.4, -0.2) is 11.1 Å². The van der Waals surface area contributed by atoms with Gasteiger partial charge in [-0.15, -0.1) is 12.3 Å². The largest absolute Gasteiger partial charge is 0.481 e. The summed E-state index contributed by atoms with van der Waals surface area (Å²) < 4.78 is 0.780. The van der Waals surface area contributed by atoms with Gasteiger partial charge in [0.25, 0.3) is 0 Å². The van der Waals surface area contributed by atoms with Crippen molar-refractivity contribution in [2.45, 2.75) is 12.3 Å². The van der Waals surface area contributed by atoms with E-state index in [2.05, 4.69) is 21.9 Å². The van der Waals surface area contributed by atoms with E-state index < -0.39 is 11.9 Å². The molecule has 72 valence electrons. The lowest BCUT2D eigenvalue weighted by Crippen LogP contribution is -2.11. The molecule has 1 rings (SSSR count). The minimum Gasteiger partial charge on any atom is -0.481 e. The number of carboxylic acid groups (broad SMARTS) is 1. The summed E-state index contributed by atoms with van der Waals surface area (Å²) in [5.74, 6) is 0.850. The number of hydrogen-bond acceptors (Lipinski definition) is 1. The van der Waals surface area contributed by atoms with Crippen LogP contribution >= 0.6 is 15.9 Å². The first kappa shape index (κ1) is 10.8. The third-order valence-corrected chi connectivity index (χ3v) is 2.62. The summed E-state index contributed by atoms with van der Waals surface area (Å²) in [6, 6.07) is 7.21. The van der Waals surface area contributed by atoms with E-state index in [4.69, 9.17) is 11.5 Å². The van der Waals surface area contributed by atoms with Gasteiger partial charge in [0.15, 0.2) is 0 Å². The number of terminal acetylenes is 1. The van der Waals surface area contributed by atoms with Crippen LogP contribution in [0.4, 0.5) is 0 Å². The third-order valence-electron chi connectivity index (χ3n) is 1.90. The number of halogens is 1. The second-order valence-electron chi connectivity index (χ2n) is 2.82. The Kier molecular flexibility index (Phi) is 3.73. The van der Waals surface area contributed by atoms with Crippen LogP contribution in [0.2, 0.25) is 0 Å². The molecule has 0 aliphatic heterocycles. The fourth-order valence-electron chi connectivity index (χ4n) is 1.21. The van der Waals surface area contributed by atoms with Crippen LogP contribution in [0.5, 0.6) is 0 Å². The zero-order valence-corrected chi connectivity index (χ0v) is 8.99. The van der Waals surface area contributed by atoms with Crippen LogP contribution < -0.4 is 0 Å². The number of carboxylic acids is 1. The molecule has 0 aromatic heterocycles. The zero-order valence-electron chi connectivity index (χ0n) is 7.40. The molecule has 0 fully saturated rings. The maximum atomic E-state index is 10.9. The molecule has 1 aromatic carbocycles. The second-order valence-corrected chi connectivity index (χ2v) is 3.67. The zero-order chi connectivity index (χ0) is 10.6. The van der Waals surface area contributed by atoms with Crippen LogP contribution in [0.25, 0.3) is 0 Å². The highest BCUT2D eigenvalue weighted by Gasteiger charge is 2.20. The topological polar surface area (TPSA) is 37.3 Å². The van der Waals surface area contributed by atoms with Crippen molar-refractivity contribution in [3.05, 3.63) is 34.3 Å². The third kappa shape index (κ3) is 2.36. The highest BCUT2D eigenvalue weighted by Crippen LogP contribution is 2.27. The Bertz CT molecular complexity index is 379. The molecule has 1 N–H and O–H groups in total. The molecule has 1 unspecified atom stereocenters. The van der Waals surface area contributed by atoms with Gasteiger partial charge < -0.3 is 5.11 Å². The van der Waals surface area contributed by atoms with E-state index in [0.717, 1.165) is 10.0 Å². The maximum Gasteiger partial charge on any atom is 0.311 e. The molecule has 2 nitrogen and oxygen atoms in total. The van der Waals surface area contributed by atoms with Gasteiger partial charge in [-0.3, -0.25) is 4.79 Å². The van der Waals surface area contributed by atoms with Gasteiger partial charge in [-0.2, -0.15) is 0 Å². The average Bonchev–Trinajstić information content (AvgIpc) is 2.15. The van der Waals surface area contributed by atoms with Gasteiger partial charge in [0, 0.05) is 10.9 Å². The van der Waals surface area contributed by atoms with Crippen LogP contribution in [0.15, 0.2) is 28.7 Å². The Morgan fingerprint density at radius 2 is 2.21 bits per heavy atom. The van der Waals surface area contributed by atoms with E-state index in [-0.39, 0.29) is 6.42 Å². The minimum absolute atomic E-state index is 0.206. The summed E-state index contributed by atoms with van der Waals surface area (Å²) in [6.07, 6.45) is 5.33. The van der Waals surface area contributed by atoms with Gasteiger partial charge in [-0.25, -0.2) is 0 Å². The predicted octanol–water partition coefficient (Wildman–Crippen LogP) is 2.64. The van der Waals surface area contributed by atoms with Crippen LogP contribution in [0, 0.1) is 12.3 Å². The smallest absolute Gasteiger partial charge is 0.311 e. The monoisotopic (exact) mass is 252 g/mol. The van der Waals surface area contributed by atoms with Crippen molar-refractivity contribution >= 4 is 21.9 Å². The van der Waals surface area contributed by atoms with Gasteiger partial charge in [0.1, 0.15) is 0 Å². The first-order valence-electron chi connectivity index (χ1n) is 4.07. The maximum absolute atomic E-state index is 10.9. The van der Waals surface area contributed by atoms with Crippen LogP contribution in [0.1, 0.15) is 17.9 Å². The van der Waals surface area contributed by atoms with E-state index in [1.165, 1.54) is 0 Å². The number of hydrogen-bond donors (Lipinski definition) is 1. The highest BCUT2D eigenvalue weighted by atomic mass is 79.9.